The third-order valence-corrected chi connectivity index (χ3v) is 11.6. The van der Waals surface area contributed by atoms with Crippen LogP contribution < -0.4 is 5.32 Å². The molecule has 1 N–H and O–H groups in total. The molecule has 4 heterocycles. The third kappa shape index (κ3) is 8.05. The number of piperazine rings is 1. The molecule has 1 atom stereocenters. The average Bonchev–Trinajstić information content (AvgIpc) is 3.27. The van der Waals surface area contributed by atoms with Gasteiger partial charge in [-0.2, -0.15) is 0 Å². The molecule has 9 heteroatoms. The van der Waals surface area contributed by atoms with Crippen LogP contribution in [0.2, 0.25) is 0 Å². The molecule has 0 saturated carbocycles. The van der Waals surface area contributed by atoms with Gasteiger partial charge in [-0.25, -0.2) is 4.79 Å². The van der Waals surface area contributed by atoms with Crippen LogP contribution in [0.4, 0.5) is 10.5 Å². The van der Waals surface area contributed by atoms with E-state index in [1.807, 2.05) is 32.9 Å². The van der Waals surface area contributed by atoms with Gasteiger partial charge in [0.15, 0.2) is 0 Å². The Bertz CT molecular complexity index is 1440. The molecule has 2 aromatic carbocycles. The zero-order valence-electron chi connectivity index (χ0n) is 29.6. The van der Waals surface area contributed by atoms with E-state index in [0.29, 0.717) is 38.1 Å². The molecule has 0 spiro atoms. The molecular formula is C39H56N6O3. The van der Waals surface area contributed by atoms with Crippen molar-refractivity contribution in [3.05, 3.63) is 64.7 Å². The lowest BCUT2D eigenvalue weighted by molar-refractivity contribution is -0.143. The number of amides is 4. The summed E-state index contributed by atoms with van der Waals surface area (Å²) >= 11 is 0. The molecule has 0 aliphatic carbocycles. The lowest BCUT2D eigenvalue weighted by Crippen LogP contribution is -2.55. The van der Waals surface area contributed by atoms with Crippen LogP contribution in [0.3, 0.4) is 0 Å². The van der Waals surface area contributed by atoms with Crippen molar-refractivity contribution in [1.82, 2.24) is 24.5 Å². The third-order valence-electron chi connectivity index (χ3n) is 11.6. The van der Waals surface area contributed by atoms with Crippen LogP contribution in [-0.4, -0.2) is 119 Å². The number of nitrogens with one attached hydrogen (secondary N) is 1. The molecule has 4 amide bonds. The van der Waals surface area contributed by atoms with Gasteiger partial charge in [-0.05, 0) is 94.5 Å². The van der Waals surface area contributed by atoms with Crippen LogP contribution in [0.15, 0.2) is 42.5 Å². The Morgan fingerprint density at radius 2 is 1.46 bits per heavy atom. The number of likely N-dealkylation sites (tertiary alicyclic amines) is 2. The van der Waals surface area contributed by atoms with Gasteiger partial charge in [0.05, 0.1) is 5.92 Å². The van der Waals surface area contributed by atoms with Crippen molar-refractivity contribution in [3.8, 4) is 0 Å². The van der Waals surface area contributed by atoms with Crippen molar-refractivity contribution in [1.29, 1.82) is 0 Å². The molecule has 1 unspecified atom stereocenters. The van der Waals surface area contributed by atoms with Crippen molar-refractivity contribution in [2.24, 2.45) is 5.92 Å². The highest BCUT2D eigenvalue weighted by atomic mass is 16.2. The topological polar surface area (TPSA) is 79.4 Å². The van der Waals surface area contributed by atoms with E-state index in [4.69, 9.17) is 0 Å². The molecular weight excluding hydrogens is 600 g/mol. The molecule has 0 radical (unpaired) electrons. The highest BCUT2D eigenvalue weighted by Crippen LogP contribution is 2.27. The number of carbonyl (C=O) groups is 3. The predicted molar refractivity (Wildman–Crippen MR) is 191 cm³/mol. The number of fused-ring (bicyclic) bond motifs is 1. The van der Waals surface area contributed by atoms with Gasteiger partial charge in [0, 0.05) is 89.1 Å². The second kappa shape index (κ2) is 15.4. The molecule has 4 aliphatic rings. The summed E-state index contributed by atoms with van der Waals surface area (Å²) in [5.41, 5.74) is 5.62. The summed E-state index contributed by atoms with van der Waals surface area (Å²) in [4.78, 5) is 52.3. The minimum atomic E-state index is -0.377. The number of benzene rings is 2. The summed E-state index contributed by atoms with van der Waals surface area (Å²) in [6.07, 6.45) is 5.14. The van der Waals surface area contributed by atoms with E-state index in [9.17, 15) is 14.4 Å². The first-order valence-electron chi connectivity index (χ1n) is 18.4. The first kappa shape index (κ1) is 34.4. The minimum absolute atomic E-state index is 0.0506. The van der Waals surface area contributed by atoms with E-state index >= 15 is 0 Å². The Balaban J connectivity index is 1.05. The summed E-state index contributed by atoms with van der Waals surface area (Å²) in [6, 6.07) is 15.6. The van der Waals surface area contributed by atoms with Gasteiger partial charge in [-0.3, -0.25) is 19.4 Å². The fraction of sp³-hybridized carbons (Fsp3) is 0.615. The molecule has 0 bridgehead atoms. The van der Waals surface area contributed by atoms with Gasteiger partial charge in [-0.15, -0.1) is 0 Å². The normalized spacial score (nSPS) is 21.2. The molecule has 6 rings (SSSR count). The van der Waals surface area contributed by atoms with E-state index in [2.05, 4.69) is 67.1 Å². The number of hydrogen-bond donors (Lipinski definition) is 1. The maximum atomic E-state index is 14.2. The highest BCUT2D eigenvalue weighted by molar-refractivity contribution is 5.91. The van der Waals surface area contributed by atoms with Crippen LogP contribution in [0.5, 0.6) is 0 Å². The number of urea groups is 1. The summed E-state index contributed by atoms with van der Waals surface area (Å²) < 4.78 is 0. The first-order valence-corrected chi connectivity index (χ1v) is 18.4. The summed E-state index contributed by atoms with van der Waals surface area (Å²) in [6.45, 7) is 16.6. The summed E-state index contributed by atoms with van der Waals surface area (Å²) in [5.74, 6) is -0.194. The van der Waals surface area contributed by atoms with Gasteiger partial charge in [0.2, 0.25) is 11.8 Å². The lowest BCUT2D eigenvalue weighted by Gasteiger charge is -2.44. The Morgan fingerprint density at radius 1 is 0.792 bits per heavy atom. The van der Waals surface area contributed by atoms with Gasteiger partial charge < -0.3 is 20.0 Å². The molecule has 0 aromatic heterocycles. The number of aryl methyl sites for hydroxylation is 2. The number of carbonyl (C=O) groups excluding carboxylic acids is 3. The Labute approximate surface area is 287 Å². The average molecular weight is 657 g/mol. The van der Waals surface area contributed by atoms with Gasteiger partial charge in [-0.1, -0.05) is 36.4 Å². The number of para-hydroxylation sites is 1. The second-order valence-electron chi connectivity index (χ2n) is 14.9. The molecule has 3 saturated heterocycles. The van der Waals surface area contributed by atoms with Crippen molar-refractivity contribution in [3.63, 3.8) is 0 Å². The van der Waals surface area contributed by atoms with E-state index in [0.717, 1.165) is 88.2 Å². The molecule has 260 valence electrons. The zero-order chi connectivity index (χ0) is 33.8. The molecule has 48 heavy (non-hydrogen) atoms. The van der Waals surface area contributed by atoms with Gasteiger partial charge in [0.1, 0.15) is 0 Å². The van der Waals surface area contributed by atoms with Crippen LogP contribution in [0.1, 0.15) is 68.2 Å². The lowest BCUT2D eigenvalue weighted by atomic mass is 9.91. The predicted octanol–water partition coefficient (Wildman–Crippen LogP) is 4.95. The smallest absolute Gasteiger partial charge is 0.322 e. The van der Waals surface area contributed by atoms with Crippen molar-refractivity contribution < 1.29 is 14.4 Å². The fourth-order valence-electron chi connectivity index (χ4n) is 8.30. The minimum Gasteiger partial charge on any atom is -0.343 e. The van der Waals surface area contributed by atoms with E-state index < -0.39 is 0 Å². The Morgan fingerprint density at radius 3 is 2.15 bits per heavy atom. The van der Waals surface area contributed by atoms with Gasteiger partial charge in [0.25, 0.3) is 0 Å². The van der Waals surface area contributed by atoms with Crippen molar-refractivity contribution in [2.45, 2.75) is 90.8 Å². The van der Waals surface area contributed by atoms with Crippen LogP contribution in [0.25, 0.3) is 0 Å². The van der Waals surface area contributed by atoms with E-state index in [-0.39, 0.29) is 36.2 Å². The molecule has 3 fully saturated rings. The highest BCUT2D eigenvalue weighted by Gasteiger charge is 2.36. The zero-order valence-corrected chi connectivity index (χ0v) is 29.6. The molecule has 9 nitrogen and oxygen atoms in total. The second-order valence-corrected chi connectivity index (χ2v) is 14.9. The number of rotatable bonds is 8. The SMILES string of the molecule is Cc1ccc(CC(CC(=O)N2CCC(N3CCc4ccccc4NC3=O)CC2)C(=O)N2CCC(N3CCN(C(C)C)CC3)CC2)cc1C. The standard InChI is InChI=1S/C39H56N6O3/c1-28(2)41-21-23-42(24-22-41)34-12-18-44(19-13-34)38(47)33(26-31-10-9-29(3)30(4)25-31)27-37(46)43-16-14-35(15-17-43)45-20-11-32-7-5-6-8-36(32)40-39(45)48/h5-10,25,28,33-35H,11-24,26-27H2,1-4H3,(H,40,48). The van der Waals surface area contributed by atoms with Crippen LogP contribution in [0, 0.1) is 19.8 Å². The van der Waals surface area contributed by atoms with Crippen LogP contribution in [-0.2, 0) is 22.4 Å². The maximum absolute atomic E-state index is 14.2. The quantitative estimate of drug-likeness (QED) is 0.435. The number of hydrogen-bond acceptors (Lipinski definition) is 5. The Hall–Kier alpha value is -3.43. The van der Waals surface area contributed by atoms with Crippen LogP contribution >= 0.6 is 0 Å². The van der Waals surface area contributed by atoms with E-state index in [1.165, 1.54) is 11.1 Å². The largest absolute Gasteiger partial charge is 0.343 e. The first-order chi connectivity index (χ1) is 23.2. The number of piperidine rings is 2. The number of anilines is 1. The van der Waals surface area contributed by atoms with Crippen molar-refractivity contribution in [2.75, 3.05) is 64.2 Å². The number of nitrogens with zero attached hydrogens (tertiary/aromatic N) is 5. The molecule has 4 aliphatic heterocycles. The van der Waals surface area contributed by atoms with E-state index in [1.54, 1.807) is 0 Å². The maximum Gasteiger partial charge on any atom is 0.322 e. The summed E-state index contributed by atoms with van der Waals surface area (Å²) in [5, 5.41) is 3.09. The van der Waals surface area contributed by atoms with Gasteiger partial charge >= 0.3 is 6.03 Å². The monoisotopic (exact) mass is 656 g/mol. The summed E-state index contributed by atoms with van der Waals surface area (Å²) in [7, 11) is 0. The molecule has 2 aromatic rings. The Kier molecular flexibility index (Phi) is 11.1. The fourth-order valence-corrected chi connectivity index (χ4v) is 8.30. The van der Waals surface area contributed by atoms with Crippen molar-refractivity contribution >= 4 is 23.5 Å².